The maximum absolute atomic E-state index is 7.50. The van der Waals surface area contributed by atoms with E-state index < -0.39 is 8.60 Å². The average molecular weight is 524 g/mol. The molecule has 0 amide bonds. The van der Waals surface area contributed by atoms with Gasteiger partial charge in [-0.05, 0) is 36.4 Å². The fraction of sp³-hybridized carbons (Fsp3) is 0. The van der Waals surface area contributed by atoms with Gasteiger partial charge in [0.2, 0.25) is 0 Å². The van der Waals surface area contributed by atoms with Crippen molar-refractivity contribution < 1.29 is 43.9 Å². The molecule has 0 radical (unpaired) electrons. The van der Waals surface area contributed by atoms with E-state index in [1.807, 2.05) is 91.0 Å². The van der Waals surface area contributed by atoms with Crippen LogP contribution in [0.2, 0.25) is 0 Å². The molecule has 0 aliphatic heterocycles. The molecule has 0 spiro atoms. The molecule has 0 aliphatic carbocycles. The maximum atomic E-state index is 7.50. The molecule has 4 rings (SSSR count). The number of rotatable bonds is 6. The Balaban J connectivity index is 0.000000822. The zero-order valence-corrected chi connectivity index (χ0v) is 19.7. The van der Waals surface area contributed by atoms with Gasteiger partial charge in [-0.3, -0.25) is 13.6 Å². The van der Waals surface area contributed by atoms with Gasteiger partial charge in [0.15, 0.2) is 17.2 Å². The molecular formula is C25H17MoO5P-4. The number of para-hydroxylation sites is 3. The molecule has 0 saturated heterocycles. The molecule has 0 fully saturated rings. The summed E-state index contributed by atoms with van der Waals surface area (Å²) in [7, 11) is -2.00. The first-order chi connectivity index (χ1) is 15.4. The molecule has 0 saturated carbocycles. The quantitative estimate of drug-likeness (QED) is 0.141. The minimum atomic E-state index is -2.00. The van der Waals surface area contributed by atoms with Gasteiger partial charge in [0.05, 0.1) is 0 Å². The number of benzene rings is 3. The van der Waals surface area contributed by atoms with Gasteiger partial charge in [0.25, 0.3) is 0 Å². The van der Waals surface area contributed by atoms with Crippen molar-refractivity contribution in [1.82, 2.24) is 0 Å². The van der Waals surface area contributed by atoms with Crippen LogP contribution in [-0.2, 0) is 30.4 Å². The molecule has 4 aromatic rings. The summed E-state index contributed by atoms with van der Waals surface area (Å²) in [4.78, 5) is 0. The van der Waals surface area contributed by atoms with Gasteiger partial charge >= 0.3 is 31.2 Å². The number of hydrogen-bond donors (Lipinski definition) is 0. The predicted octanol–water partition coefficient (Wildman–Crippen LogP) is 5.71. The summed E-state index contributed by atoms with van der Waals surface area (Å²) in [5.74, 6) is 2.18. The van der Waals surface area contributed by atoms with Gasteiger partial charge in [0, 0.05) is 21.1 Å². The Labute approximate surface area is 204 Å². The van der Waals surface area contributed by atoms with Gasteiger partial charge in [-0.25, -0.2) is 0 Å². The summed E-state index contributed by atoms with van der Waals surface area (Å²) >= 11 is 0. The van der Waals surface area contributed by atoms with Crippen molar-refractivity contribution in [2.24, 2.45) is 0 Å². The first-order valence-corrected chi connectivity index (χ1v) is 9.92. The van der Waals surface area contributed by atoms with E-state index in [-0.39, 0.29) is 21.1 Å². The third-order valence-electron chi connectivity index (χ3n) is 3.18. The molecule has 32 heavy (non-hydrogen) atoms. The van der Waals surface area contributed by atoms with Crippen LogP contribution in [0.3, 0.4) is 0 Å². The van der Waals surface area contributed by atoms with E-state index in [4.69, 9.17) is 22.9 Å². The van der Waals surface area contributed by atoms with Crippen LogP contribution in [0.15, 0.2) is 97.1 Å². The molecule has 0 unspecified atom stereocenters. The van der Waals surface area contributed by atoms with E-state index in [9.17, 15) is 0 Å². The molecule has 0 aliphatic rings. The normalized spacial score (nSPS) is 8.41. The second-order valence-electron chi connectivity index (χ2n) is 5.18. The van der Waals surface area contributed by atoms with Gasteiger partial charge < -0.3 is 30.3 Å². The van der Waals surface area contributed by atoms with Gasteiger partial charge in [-0.2, -0.15) is 0 Å². The molecule has 5 nitrogen and oxygen atoms in total. The molecule has 7 heteroatoms. The second-order valence-corrected chi connectivity index (χ2v) is 6.29. The van der Waals surface area contributed by atoms with Crippen molar-refractivity contribution in [2.75, 3.05) is 0 Å². The van der Waals surface area contributed by atoms with Crippen molar-refractivity contribution in [3.8, 4) is 17.2 Å². The van der Waals surface area contributed by atoms with Gasteiger partial charge in [-0.1, -0.05) is 54.6 Å². The summed E-state index contributed by atoms with van der Waals surface area (Å²) in [6.07, 6.45) is 0. The maximum Gasteiger partial charge on any atom is 0.528 e. The van der Waals surface area contributed by atoms with E-state index in [2.05, 4.69) is 37.6 Å². The molecule has 0 N–H and O–H groups in total. The summed E-state index contributed by atoms with van der Waals surface area (Å²) in [6, 6.07) is 40.6. The number of hydrogen-bond acceptors (Lipinski definition) is 3. The van der Waals surface area contributed by atoms with E-state index in [1.54, 1.807) is 6.07 Å². The predicted molar refractivity (Wildman–Crippen MR) is 115 cm³/mol. The Kier molecular flexibility index (Phi) is 18.1. The van der Waals surface area contributed by atoms with E-state index >= 15 is 0 Å². The van der Waals surface area contributed by atoms with E-state index in [1.165, 1.54) is 0 Å². The minimum absolute atomic E-state index is 0. The van der Waals surface area contributed by atoms with E-state index in [0.29, 0.717) is 0 Å². The fourth-order valence-corrected chi connectivity index (χ4v) is 3.11. The standard InChI is InChI=1S/C18H16O3P.C5H.2CO.Mo/c1-4-10-16(11-5-1)19-22(20-17-12-6-2-7-13-17)21-18-14-8-3-9-15-18;1-2-4-5-3-1;2*1-2;/h1-15,22H;1H;;;/q+1;-5;;;. The first kappa shape index (κ1) is 29.0. The topological polar surface area (TPSA) is 67.5 Å². The minimum Gasteiger partial charge on any atom is -0.999 e. The smallest absolute Gasteiger partial charge is 0.528 e. The SMILES string of the molecule is [C-]#[O+].[C-]#[O+].[Mo].[c-]1[c-][c-][cH-][c-]1.c1ccc(O[PH+](Oc2ccccc2)Oc2ccccc2)cc1. The Hall–Kier alpha value is -2.99. The summed E-state index contributed by atoms with van der Waals surface area (Å²) in [5, 5.41) is 0. The zero-order valence-electron chi connectivity index (χ0n) is 16.7. The van der Waals surface area contributed by atoms with Crippen molar-refractivity contribution in [1.29, 1.82) is 0 Å². The molecule has 4 aromatic carbocycles. The molecular weight excluding hydrogens is 507 g/mol. The fourth-order valence-electron chi connectivity index (χ4n) is 2.00. The summed E-state index contributed by atoms with van der Waals surface area (Å²) < 4.78 is 32.6. The largest absolute Gasteiger partial charge is 0.999 e. The van der Waals surface area contributed by atoms with E-state index in [0.717, 1.165) is 17.2 Å². The van der Waals surface area contributed by atoms with Crippen LogP contribution < -0.4 is 13.6 Å². The van der Waals surface area contributed by atoms with Crippen molar-refractivity contribution >= 4 is 8.60 Å². The van der Waals surface area contributed by atoms with Gasteiger partial charge in [-0.15, -0.1) is 0 Å². The van der Waals surface area contributed by atoms with Crippen molar-refractivity contribution in [2.45, 2.75) is 0 Å². The molecule has 0 aromatic heterocycles. The monoisotopic (exact) mass is 526 g/mol. The molecule has 0 heterocycles. The van der Waals surface area contributed by atoms with Crippen LogP contribution in [0.4, 0.5) is 0 Å². The summed E-state index contributed by atoms with van der Waals surface area (Å²) in [6.45, 7) is 9.00. The third-order valence-corrected chi connectivity index (χ3v) is 4.39. The van der Waals surface area contributed by atoms with Crippen LogP contribution in [0.1, 0.15) is 0 Å². The molecule has 162 valence electrons. The summed E-state index contributed by atoms with van der Waals surface area (Å²) in [5.41, 5.74) is 0. The first-order valence-electron chi connectivity index (χ1n) is 8.69. The van der Waals surface area contributed by atoms with Crippen molar-refractivity contribution in [3.05, 3.63) is 135 Å². The van der Waals surface area contributed by atoms with Crippen LogP contribution >= 0.6 is 8.60 Å². The Morgan fingerprint density at radius 2 is 0.844 bits per heavy atom. The Bertz CT molecular complexity index is 824. The second kappa shape index (κ2) is 19.9. The Morgan fingerprint density at radius 3 is 1.06 bits per heavy atom. The Morgan fingerprint density at radius 1 is 0.562 bits per heavy atom. The molecule has 0 atom stereocenters. The average Bonchev–Trinajstić information content (AvgIpc) is 3.44. The van der Waals surface area contributed by atoms with Gasteiger partial charge in [0.1, 0.15) is 0 Å². The van der Waals surface area contributed by atoms with Crippen LogP contribution in [0, 0.1) is 37.6 Å². The van der Waals surface area contributed by atoms with Crippen molar-refractivity contribution in [3.63, 3.8) is 0 Å². The third kappa shape index (κ3) is 12.6. The van der Waals surface area contributed by atoms with Crippen LogP contribution in [-0.4, -0.2) is 0 Å². The molecule has 0 bridgehead atoms. The van der Waals surface area contributed by atoms with Crippen LogP contribution in [0.25, 0.3) is 0 Å². The zero-order chi connectivity index (χ0) is 22.6. The van der Waals surface area contributed by atoms with Crippen LogP contribution in [0.5, 0.6) is 17.2 Å².